The number of aromatic nitrogens is 1. The molecular formula is C22H21N3O4. The lowest BCUT2D eigenvalue weighted by Crippen LogP contribution is -2.13. The van der Waals surface area contributed by atoms with E-state index in [4.69, 9.17) is 9.47 Å². The van der Waals surface area contributed by atoms with E-state index in [1.54, 1.807) is 80.9 Å². The maximum atomic E-state index is 12.3. The number of hydrogen-bond donors (Lipinski definition) is 2. The Balaban J connectivity index is 1.60. The van der Waals surface area contributed by atoms with Crippen LogP contribution in [0.4, 0.5) is 17.1 Å². The summed E-state index contributed by atoms with van der Waals surface area (Å²) in [6.07, 6.45) is 1.57. The molecule has 0 spiro atoms. The number of nitrogens with zero attached hydrogens (tertiary/aromatic N) is 1. The van der Waals surface area contributed by atoms with Crippen LogP contribution in [0.5, 0.6) is 5.75 Å². The smallest absolute Gasteiger partial charge is 0.338 e. The Labute approximate surface area is 168 Å². The monoisotopic (exact) mass is 391 g/mol. The molecule has 0 aliphatic heterocycles. The van der Waals surface area contributed by atoms with Crippen LogP contribution in [0.25, 0.3) is 0 Å². The molecule has 0 fully saturated rings. The Morgan fingerprint density at radius 3 is 2.14 bits per heavy atom. The van der Waals surface area contributed by atoms with Gasteiger partial charge in [-0.1, -0.05) is 0 Å². The van der Waals surface area contributed by atoms with Gasteiger partial charge >= 0.3 is 5.97 Å². The molecule has 3 aromatic rings. The van der Waals surface area contributed by atoms with Crippen molar-refractivity contribution in [2.75, 3.05) is 24.4 Å². The minimum atomic E-state index is -0.354. The van der Waals surface area contributed by atoms with Crippen molar-refractivity contribution in [3.05, 3.63) is 78.1 Å². The Kier molecular flexibility index (Phi) is 6.42. The van der Waals surface area contributed by atoms with Crippen LogP contribution in [0.15, 0.2) is 66.9 Å². The van der Waals surface area contributed by atoms with Gasteiger partial charge in [0.2, 0.25) is 0 Å². The van der Waals surface area contributed by atoms with E-state index < -0.39 is 0 Å². The van der Waals surface area contributed by atoms with E-state index in [0.717, 1.165) is 11.4 Å². The standard InChI is InChI=1S/C22H21N3O4/c1-3-29-22(27)15-4-6-16(7-5-15)24-18-10-13-20(23-14-18)21(26)25-17-8-11-19(28-2)12-9-17/h4-14,24H,3H2,1-2H3,(H,25,26). The number of anilines is 3. The van der Waals surface area contributed by atoms with Gasteiger partial charge in [0, 0.05) is 11.4 Å². The predicted octanol–water partition coefficient (Wildman–Crippen LogP) is 4.26. The van der Waals surface area contributed by atoms with Gasteiger partial charge in [-0.3, -0.25) is 4.79 Å². The van der Waals surface area contributed by atoms with E-state index in [2.05, 4.69) is 15.6 Å². The first kappa shape index (κ1) is 19.9. The highest BCUT2D eigenvalue weighted by Gasteiger charge is 2.09. The molecule has 0 saturated heterocycles. The van der Waals surface area contributed by atoms with Crippen LogP contribution >= 0.6 is 0 Å². The van der Waals surface area contributed by atoms with Crippen LogP contribution in [-0.4, -0.2) is 30.6 Å². The number of carbonyl (C=O) groups excluding carboxylic acids is 2. The van der Waals surface area contributed by atoms with Gasteiger partial charge in [0.15, 0.2) is 0 Å². The highest BCUT2D eigenvalue weighted by molar-refractivity contribution is 6.03. The predicted molar refractivity (Wildman–Crippen MR) is 111 cm³/mol. The van der Waals surface area contributed by atoms with Gasteiger partial charge in [-0.05, 0) is 67.6 Å². The molecule has 2 N–H and O–H groups in total. The van der Waals surface area contributed by atoms with Crippen molar-refractivity contribution in [3.63, 3.8) is 0 Å². The first-order valence-electron chi connectivity index (χ1n) is 9.04. The lowest BCUT2D eigenvalue weighted by molar-refractivity contribution is 0.0526. The average molecular weight is 391 g/mol. The number of hydrogen-bond acceptors (Lipinski definition) is 6. The molecule has 0 bridgehead atoms. The van der Waals surface area contributed by atoms with Crippen molar-refractivity contribution in [2.45, 2.75) is 6.92 Å². The molecule has 1 amide bonds. The zero-order valence-corrected chi connectivity index (χ0v) is 16.1. The third kappa shape index (κ3) is 5.32. The van der Waals surface area contributed by atoms with E-state index in [1.807, 2.05) is 0 Å². The fraction of sp³-hybridized carbons (Fsp3) is 0.136. The van der Waals surface area contributed by atoms with Gasteiger partial charge < -0.3 is 20.1 Å². The van der Waals surface area contributed by atoms with E-state index in [0.29, 0.717) is 29.3 Å². The Bertz CT molecular complexity index is 968. The highest BCUT2D eigenvalue weighted by Crippen LogP contribution is 2.18. The van der Waals surface area contributed by atoms with Crippen molar-refractivity contribution in [1.82, 2.24) is 4.98 Å². The number of nitrogens with one attached hydrogen (secondary N) is 2. The van der Waals surface area contributed by atoms with E-state index >= 15 is 0 Å². The maximum absolute atomic E-state index is 12.3. The minimum absolute atomic E-state index is 0.295. The van der Waals surface area contributed by atoms with Gasteiger partial charge in [0.25, 0.3) is 5.91 Å². The third-order valence-electron chi connectivity index (χ3n) is 4.03. The van der Waals surface area contributed by atoms with Crippen LogP contribution in [0, 0.1) is 0 Å². The summed E-state index contributed by atoms with van der Waals surface area (Å²) >= 11 is 0. The third-order valence-corrected chi connectivity index (χ3v) is 4.03. The van der Waals surface area contributed by atoms with Crippen molar-refractivity contribution in [3.8, 4) is 5.75 Å². The van der Waals surface area contributed by atoms with E-state index in [9.17, 15) is 9.59 Å². The molecule has 148 valence electrons. The number of pyridine rings is 1. The normalized spacial score (nSPS) is 10.1. The summed E-state index contributed by atoms with van der Waals surface area (Å²) in [5, 5.41) is 5.95. The maximum Gasteiger partial charge on any atom is 0.338 e. The zero-order chi connectivity index (χ0) is 20.6. The molecule has 0 aliphatic rings. The first-order chi connectivity index (χ1) is 14.1. The molecule has 0 atom stereocenters. The lowest BCUT2D eigenvalue weighted by Gasteiger charge is -2.09. The Morgan fingerprint density at radius 2 is 1.55 bits per heavy atom. The Morgan fingerprint density at radius 1 is 0.897 bits per heavy atom. The molecule has 0 aliphatic carbocycles. The molecule has 0 saturated carbocycles. The molecule has 1 aromatic heterocycles. The number of ether oxygens (including phenoxy) is 2. The summed E-state index contributed by atoms with van der Waals surface area (Å²) < 4.78 is 10.1. The average Bonchev–Trinajstić information content (AvgIpc) is 2.75. The minimum Gasteiger partial charge on any atom is -0.497 e. The molecule has 29 heavy (non-hydrogen) atoms. The van der Waals surface area contributed by atoms with Gasteiger partial charge in [0.1, 0.15) is 11.4 Å². The summed E-state index contributed by atoms with van der Waals surface area (Å²) in [7, 11) is 1.59. The molecular weight excluding hydrogens is 370 g/mol. The fourth-order valence-corrected chi connectivity index (χ4v) is 2.54. The second-order valence-corrected chi connectivity index (χ2v) is 6.04. The Hall–Kier alpha value is -3.87. The zero-order valence-electron chi connectivity index (χ0n) is 16.1. The molecule has 0 radical (unpaired) electrons. The number of esters is 1. The van der Waals surface area contributed by atoms with Gasteiger partial charge in [-0.15, -0.1) is 0 Å². The summed E-state index contributed by atoms with van der Waals surface area (Å²) in [6, 6.07) is 17.4. The molecule has 0 unspecified atom stereocenters. The number of methoxy groups -OCH3 is 1. The van der Waals surface area contributed by atoms with E-state index in [-0.39, 0.29) is 11.9 Å². The number of rotatable bonds is 7. The lowest BCUT2D eigenvalue weighted by atomic mass is 10.2. The van der Waals surface area contributed by atoms with Crippen molar-refractivity contribution < 1.29 is 19.1 Å². The molecule has 3 rings (SSSR count). The highest BCUT2D eigenvalue weighted by atomic mass is 16.5. The number of benzene rings is 2. The number of amides is 1. The first-order valence-corrected chi connectivity index (χ1v) is 9.04. The van der Waals surface area contributed by atoms with Gasteiger partial charge in [0.05, 0.1) is 31.2 Å². The summed E-state index contributed by atoms with van der Waals surface area (Å²) in [5.41, 5.74) is 2.94. The van der Waals surface area contributed by atoms with Gasteiger partial charge in [-0.25, -0.2) is 9.78 Å². The largest absolute Gasteiger partial charge is 0.497 e. The SMILES string of the molecule is CCOC(=O)c1ccc(Nc2ccc(C(=O)Nc3ccc(OC)cc3)nc2)cc1. The summed E-state index contributed by atoms with van der Waals surface area (Å²) in [4.78, 5) is 28.2. The summed E-state index contributed by atoms with van der Waals surface area (Å²) in [6.45, 7) is 2.10. The van der Waals surface area contributed by atoms with Crippen molar-refractivity contribution in [1.29, 1.82) is 0 Å². The van der Waals surface area contributed by atoms with Crippen LogP contribution in [-0.2, 0) is 4.74 Å². The van der Waals surface area contributed by atoms with Crippen molar-refractivity contribution >= 4 is 28.9 Å². The second kappa shape index (κ2) is 9.36. The quantitative estimate of drug-likeness (QED) is 0.585. The van der Waals surface area contributed by atoms with Crippen LogP contribution in [0.2, 0.25) is 0 Å². The topological polar surface area (TPSA) is 89.5 Å². The molecule has 1 heterocycles. The molecule has 2 aromatic carbocycles. The number of carbonyl (C=O) groups is 2. The van der Waals surface area contributed by atoms with Crippen LogP contribution < -0.4 is 15.4 Å². The van der Waals surface area contributed by atoms with Crippen molar-refractivity contribution in [2.24, 2.45) is 0 Å². The molecule has 7 heteroatoms. The fourth-order valence-electron chi connectivity index (χ4n) is 2.54. The summed E-state index contributed by atoms with van der Waals surface area (Å²) in [5.74, 6) is 0.0558. The van der Waals surface area contributed by atoms with Crippen LogP contribution in [0.1, 0.15) is 27.8 Å². The van der Waals surface area contributed by atoms with Gasteiger partial charge in [-0.2, -0.15) is 0 Å². The van der Waals surface area contributed by atoms with E-state index in [1.165, 1.54) is 0 Å². The van der Waals surface area contributed by atoms with Crippen LogP contribution in [0.3, 0.4) is 0 Å². The second-order valence-electron chi connectivity index (χ2n) is 6.04. The molecule has 7 nitrogen and oxygen atoms in total.